The molecule has 1 aliphatic rings. The van der Waals surface area contributed by atoms with E-state index < -0.39 is 0 Å². The van der Waals surface area contributed by atoms with Gasteiger partial charge in [-0.15, -0.1) is 0 Å². The highest BCUT2D eigenvalue weighted by Gasteiger charge is 2.22. The first-order chi connectivity index (χ1) is 9.47. The molecule has 0 radical (unpaired) electrons. The monoisotopic (exact) mass is 299 g/mol. The Labute approximate surface area is 121 Å². The molecule has 0 bridgehead atoms. The molecule has 0 aliphatic carbocycles. The zero-order valence-corrected chi connectivity index (χ0v) is 12.3. The van der Waals surface area contributed by atoms with Crippen LogP contribution in [0.3, 0.4) is 0 Å². The van der Waals surface area contributed by atoms with Crippen molar-refractivity contribution in [3.8, 4) is 0 Å². The quantitative estimate of drug-likeness (QED) is 0.784. The molecule has 1 amide bonds. The molecule has 2 rings (SSSR count). The molecule has 2 heterocycles. The molecule has 1 aliphatic heterocycles. The van der Waals surface area contributed by atoms with E-state index in [1.54, 1.807) is 0 Å². The second-order valence-corrected chi connectivity index (χ2v) is 5.43. The Morgan fingerprint density at radius 3 is 2.90 bits per heavy atom. The number of amides is 1. The van der Waals surface area contributed by atoms with Crippen molar-refractivity contribution in [2.24, 2.45) is 0 Å². The van der Waals surface area contributed by atoms with E-state index in [4.69, 9.17) is 11.6 Å². The highest BCUT2D eigenvalue weighted by molar-refractivity contribution is 6.32. The minimum absolute atomic E-state index is 0.00842. The lowest BCUT2D eigenvalue weighted by atomic mass is 10.2. The standard InChI is InChI=1S/C12H18ClN5O2/c1-17(2)3-4-18-12(20)11(13)9(7-15-18)16-8-5-10(19)14-6-8/h7-8,16H,3-6H2,1-2H3,(H,14,19). The van der Waals surface area contributed by atoms with E-state index in [1.165, 1.54) is 10.9 Å². The summed E-state index contributed by atoms with van der Waals surface area (Å²) in [7, 11) is 3.85. The summed E-state index contributed by atoms with van der Waals surface area (Å²) in [6.07, 6.45) is 1.90. The van der Waals surface area contributed by atoms with E-state index in [1.807, 2.05) is 19.0 Å². The lowest BCUT2D eigenvalue weighted by Gasteiger charge is -2.15. The SMILES string of the molecule is CN(C)CCn1ncc(NC2CNC(=O)C2)c(Cl)c1=O. The fraction of sp³-hybridized carbons (Fsp3) is 0.583. The second-order valence-electron chi connectivity index (χ2n) is 5.05. The molecular formula is C12H18ClN5O2. The Morgan fingerprint density at radius 1 is 1.55 bits per heavy atom. The normalized spacial score (nSPS) is 18.4. The zero-order valence-electron chi connectivity index (χ0n) is 11.5. The van der Waals surface area contributed by atoms with Crippen molar-refractivity contribution in [1.29, 1.82) is 0 Å². The van der Waals surface area contributed by atoms with E-state index >= 15 is 0 Å². The number of nitrogens with one attached hydrogen (secondary N) is 2. The first kappa shape index (κ1) is 14.8. The Bertz CT molecular complexity index is 557. The number of carbonyl (C=O) groups excluding carboxylic acids is 1. The van der Waals surface area contributed by atoms with Crippen molar-refractivity contribution in [1.82, 2.24) is 20.0 Å². The first-order valence-corrected chi connectivity index (χ1v) is 6.78. The molecule has 1 saturated heterocycles. The van der Waals surface area contributed by atoms with Gasteiger partial charge in [0.25, 0.3) is 5.56 Å². The number of halogens is 1. The van der Waals surface area contributed by atoms with Crippen LogP contribution < -0.4 is 16.2 Å². The van der Waals surface area contributed by atoms with E-state index in [0.717, 1.165) is 0 Å². The van der Waals surface area contributed by atoms with Crippen molar-refractivity contribution in [2.45, 2.75) is 19.0 Å². The number of anilines is 1. The smallest absolute Gasteiger partial charge is 0.287 e. The van der Waals surface area contributed by atoms with Gasteiger partial charge in [-0.05, 0) is 14.1 Å². The van der Waals surface area contributed by atoms with Crippen LogP contribution in [0, 0.1) is 0 Å². The maximum Gasteiger partial charge on any atom is 0.287 e. The fourth-order valence-electron chi connectivity index (χ4n) is 1.95. The maximum atomic E-state index is 12.1. The van der Waals surface area contributed by atoms with Gasteiger partial charge in [0.1, 0.15) is 5.02 Å². The van der Waals surface area contributed by atoms with E-state index in [0.29, 0.717) is 31.7 Å². The van der Waals surface area contributed by atoms with Gasteiger partial charge >= 0.3 is 0 Å². The molecule has 20 heavy (non-hydrogen) atoms. The summed E-state index contributed by atoms with van der Waals surface area (Å²) in [6.45, 7) is 1.71. The van der Waals surface area contributed by atoms with E-state index in [-0.39, 0.29) is 22.5 Å². The van der Waals surface area contributed by atoms with Crippen molar-refractivity contribution < 1.29 is 4.79 Å². The van der Waals surface area contributed by atoms with Crippen LogP contribution >= 0.6 is 11.6 Å². The van der Waals surface area contributed by atoms with Crippen LogP contribution in [0.4, 0.5) is 5.69 Å². The lowest BCUT2D eigenvalue weighted by Crippen LogP contribution is -2.30. The van der Waals surface area contributed by atoms with E-state index in [9.17, 15) is 9.59 Å². The van der Waals surface area contributed by atoms with E-state index in [2.05, 4.69) is 15.7 Å². The minimum atomic E-state index is -0.323. The van der Waals surface area contributed by atoms with Gasteiger partial charge < -0.3 is 15.5 Å². The van der Waals surface area contributed by atoms with Crippen LogP contribution in [0.1, 0.15) is 6.42 Å². The van der Waals surface area contributed by atoms with Crippen LogP contribution in [0.5, 0.6) is 0 Å². The molecule has 1 atom stereocenters. The van der Waals surface area contributed by atoms with Gasteiger partial charge in [-0.1, -0.05) is 11.6 Å². The van der Waals surface area contributed by atoms with Crippen LogP contribution in [0.2, 0.25) is 5.02 Å². The van der Waals surface area contributed by atoms with Crippen LogP contribution in [0.25, 0.3) is 0 Å². The largest absolute Gasteiger partial charge is 0.377 e. The summed E-state index contributed by atoms with van der Waals surface area (Å²) in [5.74, 6) is -0.00842. The molecule has 110 valence electrons. The number of hydrogen-bond acceptors (Lipinski definition) is 5. The third-order valence-corrected chi connectivity index (χ3v) is 3.45. The third kappa shape index (κ3) is 3.49. The molecule has 1 fully saturated rings. The molecule has 1 aromatic rings. The second kappa shape index (κ2) is 6.23. The predicted molar refractivity (Wildman–Crippen MR) is 77.1 cm³/mol. The number of rotatable bonds is 5. The van der Waals surface area contributed by atoms with Gasteiger partial charge in [0.05, 0.1) is 24.5 Å². The lowest BCUT2D eigenvalue weighted by molar-refractivity contribution is -0.119. The summed E-state index contributed by atoms with van der Waals surface area (Å²) < 4.78 is 1.34. The topological polar surface area (TPSA) is 79.3 Å². The molecule has 0 aromatic carbocycles. The van der Waals surface area contributed by atoms with Crippen molar-refractivity contribution in [2.75, 3.05) is 32.5 Å². The number of nitrogens with zero attached hydrogens (tertiary/aromatic N) is 3. The van der Waals surface area contributed by atoms with Crippen LogP contribution in [-0.2, 0) is 11.3 Å². The molecule has 0 saturated carbocycles. The molecule has 1 aromatic heterocycles. The van der Waals surface area contributed by atoms with Gasteiger partial charge in [0.2, 0.25) is 5.91 Å². The molecule has 2 N–H and O–H groups in total. The summed E-state index contributed by atoms with van der Waals surface area (Å²) in [6, 6.07) is -0.0566. The summed E-state index contributed by atoms with van der Waals surface area (Å²) in [5.41, 5.74) is 0.148. The van der Waals surface area contributed by atoms with Crippen molar-refractivity contribution in [3.63, 3.8) is 0 Å². The maximum absolute atomic E-state index is 12.1. The van der Waals surface area contributed by atoms with Crippen molar-refractivity contribution in [3.05, 3.63) is 21.6 Å². The van der Waals surface area contributed by atoms with Gasteiger partial charge in [-0.25, -0.2) is 4.68 Å². The Kier molecular flexibility index (Phi) is 4.61. The number of hydrogen-bond donors (Lipinski definition) is 2. The summed E-state index contributed by atoms with van der Waals surface area (Å²) >= 11 is 6.07. The zero-order chi connectivity index (χ0) is 14.7. The predicted octanol–water partition coefficient (Wildman–Crippen LogP) is -0.241. The van der Waals surface area contributed by atoms with Crippen LogP contribution in [0.15, 0.2) is 11.0 Å². The highest BCUT2D eigenvalue weighted by Crippen LogP contribution is 2.18. The first-order valence-electron chi connectivity index (χ1n) is 6.41. The average Bonchev–Trinajstić information content (AvgIpc) is 2.79. The highest BCUT2D eigenvalue weighted by atomic mass is 35.5. The Morgan fingerprint density at radius 2 is 2.30 bits per heavy atom. The molecule has 7 nitrogen and oxygen atoms in total. The fourth-order valence-corrected chi connectivity index (χ4v) is 2.15. The number of likely N-dealkylation sites (N-methyl/N-ethyl adjacent to an activating group) is 1. The van der Waals surface area contributed by atoms with Gasteiger partial charge in [0.15, 0.2) is 0 Å². The summed E-state index contributed by atoms with van der Waals surface area (Å²) in [5, 5.41) is 9.99. The summed E-state index contributed by atoms with van der Waals surface area (Å²) in [4.78, 5) is 25.2. The van der Waals surface area contributed by atoms with Gasteiger partial charge in [-0.3, -0.25) is 9.59 Å². The molecular weight excluding hydrogens is 282 g/mol. The Balaban J connectivity index is 2.10. The van der Waals surface area contributed by atoms with Gasteiger partial charge in [0, 0.05) is 19.5 Å². The number of carbonyl (C=O) groups is 1. The molecule has 0 spiro atoms. The van der Waals surface area contributed by atoms with Gasteiger partial charge in [-0.2, -0.15) is 5.10 Å². The van der Waals surface area contributed by atoms with Crippen molar-refractivity contribution >= 4 is 23.2 Å². The van der Waals surface area contributed by atoms with Crippen LogP contribution in [-0.4, -0.2) is 53.8 Å². The molecule has 1 unspecified atom stereocenters. The molecule has 8 heteroatoms. The average molecular weight is 300 g/mol. The third-order valence-electron chi connectivity index (χ3n) is 3.08. The minimum Gasteiger partial charge on any atom is -0.377 e. The Hall–Kier alpha value is -1.60. The number of aromatic nitrogens is 2.